The van der Waals surface area contributed by atoms with Crippen molar-refractivity contribution >= 4 is 17.7 Å². The summed E-state index contributed by atoms with van der Waals surface area (Å²) in [5, 5.41) is 11.2. The van der Waals surface area contributed by atoms with Crippen LogP contribution < -0.4 is 0 Å². The van der Waals surface area contributed by atoms with E-state index in [1.807, 2.05) is 13.8 Å². The molecule has 0 unspecified atom stereocenters. The molecule has 1 spiro atoms. The highest BCUT2D eigenvalue weighted by atomic mass is 16.6. The van der Waals surface area contributed by atoms with Crippen LogP contribution in [0.4, 0.5) is 0 Å². The number of hydrogen-bond donors (Lipinski definition) is 1. The molecule has 0 aromatic rings. The van der Waals surface area contributed by atoms with Crippen molar-refractivity contribution in [2.24, 2.45) is 38.9 Å². The Kier molecular flexibility index (Phi) is 3.98. The van der Waals surface area contributed by atoms with Crippen LogP contribution in [0.1, 0.15) is 67.2 Å². The summed E-state index contributed by atoms with van der Waals surface area (Å²) in [4.78, 5) is 41.3. The van der Waals surface area contributed by atoms with E-state index in [2.05, 4.69) is 19.9 Å². The zero-order valence-corrected chi connectivity index (χ0v) is 20.1. The molecule has 2 heterocycles. The van der Waals surface area contributed by atoms with Crippen LogP contribution in [0.15, 0.2) is 23.0 Å². The number of methoxy groups -OCH3 is 1. The molecule has 0 radical (unpaired) electrons. The third-order valence-corrected chi connectivity index (χ3v) is 10.8. The molecule has 174 valence electrons. The Balaban J connectivity index is 1.85. The minimum absolute atomic E-state index is 0.0591. The predicted octanol–water partition coefficient (Wildman–Crippen LogP) is 4.29. The molecular weight excluding hydrogens is 408 g/mol. The average Bonchev–Trinajstić information content (AvgIpc) is 2.90. The van der Waals surface area contributed by atoms with Crippen molar-refractivity contribution in [1.29, 1.82) is 0 Å². The number of rotatable bonds is 1. The van der Waals surface area contributed by atoms with Crippen molar-refractivity contribution in [2.45, 2.75) is 73.3 Å². The number of aliphatic hydroxyl groups is 1. The summed E-state index contributed by atoms with van der Waals surface area (Å²) in [6.45, 7) is 11.6. The zero-order valence-electron chi connectivity index (χ0n) is 20.1. The summed E-state index contributed by atoms with van der Waals surface area (Å²) in [6.07, 6.45) is 4.77. The van der Waals surface area contributed by atoms with E-state index in [0.717, 1.165) is 18.4 Å². The van der Waals surface area contributed by atoms with E-state index in [9.17, 15) is 19.5 Å². The zero-order chi connectivity index (χ0) is 23.6. The van der Waals surface area contributed by atoms with E-state index in [0.29, 0.717) is 12.8 Å². The van der Waals surface area contributed by atoms with E-state index in [-0.39, 0.29) is 46.4 Å². The molecule has 2 saturated heterocycles. The summed E-state index contributed by atoms with van der Waals surface area (Å²) < 4.78 is 11.3. The smallest absolute Gasteiger partial charge is 0.321 e. The maximum absolute atomic E-state index is 14.0. The highest BCUT2D eigenvalue weighted by Gasteiger charge is 2.82. The van der Waals surface area contributed by atoms with E-state index in [4.69, 9.17) is 9.47 Å². The van der Waals surface area contributed by atoms with Gasteiger partial charge in [-0.1, -0.05) is 32.4 Å². The van der Waals surface area contributed by atoms with Gasteiger partial charge in [0.1, 0.15) is 11.9 Å². The maximum Gasteiger partial charge on any atom is 0.321 e. The van der Waals surface area contributed by atoms with Crippen molar-refractivity contribution in [2.75, 3.05) is 7.11 Å². The molecule has 7 atom stereocenters. The van der Waals surface area contributed by atoms with E-state index < -0.39 is 27.6 Å². The lowest BCUT2D eigenvalue weighted by Gasteiger charge is -2.70. The van der Waals surface area contributed by atoms with Gasteiger partial charge in [0.2, 0.25) is 0 Å². The summed E-state index contributed by atoms with van der Waals surface area (Å²) in [5.41, 5.74) is -3.76. The molecule has 6 aliphatic rings. The Hall–Kier alpha value is -2.11. The van der Waals surface area contributed by atoms with Crippen LogP contribution >= 0.6 is 0 Å². The summed E-state index contributed by atoms with van der Waals surface area (Å²) in [5.74, 6) is -1.51. The minimum Gasteiger partial charge on any atom is -0.511 e. The van der Waals surface area contributed by atoms with Crippen molar-refractivity contribution in [1.82, 2.24) is 0 Å². The Labute approximate surface area is 189 Å². The second-order valence-corrected chi connectivity index (χ2v) is 11.8. The fourth-order valence-electron chi connectivity index (χ4n) is 9.13. The SMILES string of the molecule is COC(=O)[C@]12C(=O)C(C)=C(O)[C@]1(C)C(C)=C[C@H]1[C@@]34CC[C@@H](OC3=O)C(C)(C)[C@H]4CC[C@@]12C. The predicted molar refractivity (Wildman–Crippen MR) is 116 cm³/mol. The normalized spacial score (nSPS) is 48.5. The maximum atomic E-state index is 14.0. The van der Waals surface area contributed by atoms with E-state index in [1.54, 1.807) is 13.8 Å². The third kappa shape index (κ3) is 1.80. The van der Waals surface area contributed by atoms with Crippen LogP contribution in [0.5, 0.6) is 0 Å². The molecule has 0 amide bonds. The lowest BCUT2D eigenvalue weighted by atomic mass is 9.32. The summed E-state index contributed by atoms with van der Waals surface area (Å²) >= 11 is 0. The highest BCUT2D eigenvalue weighted by molar-refractivity contribution is 6.17. The van der Waals surface area contributed by atoms with Crippen molar-refractivity contribution in [3.63, 3.8) is 0 Å². The average molecular weight is 443 g/mol. The van der Waals surface area contributed by atoms with Crippen molar-refractivity contribution in [3.8, 4) is 0 Å². The van der Waals surface area contributed by atoms with Crippen LogP contribution in [-0.4, -0.2) is 36.0 Å². The van der Waals surface area contributed by atoms with Crippen LogP contribution in [0.2, 0.25) is 0 Å². The first-order chi connectivity index (χ1) is 14.8. The summed E-state index contributed by atoms with van der Waals surface area (Å²) in [6, 6.07) is 0. The molecule has 1 N–H and O–H groups in total. The Morgan fingerprint density at radius 1 is 1.12 bits per heavy atom. The number of aliphatic hydroxyl groups excluding tert-OH is 1. The van der Waals surface area contributed by atoms with Gasteiger partial charge in [0, 0.05) is 16.9 Å². The van der Waals surface area contributed by atoms with Gasteiger partial charge < -0.3 is 14.6 Å². The number of fused-ring (bicyclic) bond motifs is 5. The van der Waals surface area contributed by atoms with Gasteiger partial charge in [0.15, 0.2) is 11.2 Å². The molecule has 32 heavy (non-hydrogen) atoms. The second-order valence-electron chi connectivity index (χ2n) is 11.8. The lowest BCUT2D eigenvalue weighted by Crippen LogP contribution is -2.74. The van der Waals surface area contributed by atoms with Gasteiger partial charge in [0.25, 0.3) is 0 Å². The van der Waals surface area contributed by atoms with Gasteiger partial charge in [-0.2, -0.15) is 0 Å². The molecule has 4 aliphatic carbocycles. The number of allylic oxidation sites excluding steroid dienone is 3. The molecule has 4 fully saturated rings. The molecule has 0 aromatic carbocycles. The standard InChI is InChI=1S/C26H34O6/c1-13-12-16-23(5,26(21(30)31-7)19(28)14(2)18(27)24(13,26)6)10-8-15-22(3,4)17-9-11-25(15,16)20(29)32-17/h12,15-17,27H,8-11H2,1-7H3/t15-,16-,17-,23+,24+,25+,26+/m1/s1. The fourth-order valence-corrected chi connectivity index (χ4v) is 9.13. The first kappa shape index (κ1) is 21.7. The topological polar surface area (TPSA) is 89.9 Å². The van der Waals surface area contributed by atoms with Gasteiger partial charge in [-0.25, -0.2) is 0 Å². The third-order valence-electron chi connectivity index (χ3n) is 10.8. The van der Waals surface area contributed by atoms with Gasteiger partial charge in [-0.3, -0.25) is 14.4 Å². The lowest BCUT2D eigenvalue weighted by molar-refractivity contribution is -0.262. The Bertz CT molecular complexity index is 1030. The number of carbonyl (C=O) groups is 3. The van der Waals surface area contributed by atoms with Gasteiger partial charge in [0.05, 0.1) is 17.9 Å². The number of esters is 2. The highest BCUT2D eigenvalue weighted by Crippen LogP contribution is 2.78. The second kappa shape index (κ2) is 5.87. The molecule has 6 nitrogen and oxygen atoms in total. The fraction of sp³-hybridized carbons (Fsp3) is 0.731. The van der Waals surface area contributed by atoms with Crippen molar-refractivity contribution < 1.29 is 29.0 Å². The number of hydrogen-bond acceptors (Lipinski definition) is 6. The molecule has 6 heteroatoms. The Morgan fingerprint density at radius 3 is 2.38 bits per heavy atom. The van der Waals surface area contributed by atoms with Crippen LogP contribution in [0.25, 0.3) is 0 Å². The van der Waals surface area contributed by atoms with Gasteiger partial charge in [-0.05, 0) is 57.8 Å². The molecular formula is C26H34O6. The Morgan fingerprint density at radius 2 is 1.78 bits per heavy atom. The van der Waals surface area contributed by atoms with Gasteiger partial charge >= 0.3 is 11.9 Å². The molecule has 2 aliphatic heterocycles. The molecule has 2 bridgehead atoms. The van der Waals surface area contributed by atoms with Crippen LogP contribution in [-0.2, 0) is 23.9 Å². The quantitative estimate of drug-likeness (QED) is 0.370. The van der Waals surface area contributed by atoms with E-state index >= 15 is 0 Å². The summed E-state index contributed by atoms with van der Waals surface area (Å²) in [7, 11) is 1.30. The number of ether oxygens (including phenoxy) is 2. The first-order valence-corrected chi connectivity index (χ1v) is 11.7. The molecule has 2 saturated carbocycles. The largest absolute Gasteiger partial charge is 0.511 e. The number of Topliss-reactive ketones (excluding diaryl/α,β-unsaturated/α-hetero) is 1. The van der Waals surface area contributed by atoms with Gasteiger partial charge in [-0.15, -0.1) is 0 Å². The minimum atomic E-state index is -1.62. The molecule has 0 aromatic heterocycles. The van der Waals surface area contributed by atoms with Crippen LogP contribution in [0.3, 0.4) is 0 Å². The molecule has 6 rings (SSSR count). The number of ketones is 1. The number of carbonyl (C=O) groups excluding carboxylic acids is 3. The first-order valence-electron chi connectivity index (χ1n) is 11.7. The monoisotopic (exact) mass is 442 g/mol. The van der Waals surface area contributed by atoms with Crippen molar-refractivity contribution in [3.05, 3.63) is 23.0 Å². The van der Waals surface area contributed by atoms with Crippen LogP contribution in [0, 0.1) is 38.9 Å². The van der Waals surface area contributed by atoms with E-state index in [1.165, 1.54) is 7.11 Å².